The number of aliphatic hydroxyl groups excluding tert-OH is 2. The maximum absolute atomic E-state index is 10.4. The molecule has 0 aliphatic carbocycles. The zero-order valence-corrected chi connectivity index (χ0v) is 21.8. The third kappa shape index (κ3) is 7.59. The summed E-state index contributed by atoms with van der Waals surface area (Å²) in [6.45, 7) is 8.26. The molecule has 4 rings (SSSR count). The Bertz CT molecular complexity index is 1370. The van der Waals surface area contributed by atoms with Crippen LogP contribution in [0.3, 0.4) is 0 Å². The van der Waals surface area contributed by atoms with Crippen LogP contribution in [0.25, 0.3) is 21.5 Å². The molecule has 0 radical (unpaired) electrons. The molecule has 204 valence electrons. The van der Waals surface area contributed by atoms with Crippen LogP contribution in [-0.4, -0.2) is 62.1 Å². The zero-order valence-electron chi connectivity index (χ0n) is 21.8. The van der Waals surface area contributed by atoms with E-state index in [1.54, 1.807) is 12.2 Å². The van der Waals surface area contributed by atoms with Crippen molar-refractivity contribution in [2.45, 2.75) is 12.2 Å². The lowest BCUT2D eigenvalue weighted by Gasteiger charge is -2.20. The Labute approximate surface area is 228 Å². The van der Waals surface area contributed by atoms with Crippen molar-refractivity contribution in [3.05, 3.63) is 98.1 Å². The number of fused-ring (bicyclic) bond motifs is 2. The molecule has 4 aromatic carbocycles. The first kappa shape index (κ1) is 28.1. The molecule has 2 N–H and O–H groups in total. The highest BCUT2D eigenvalue weighted by Crippen LogP contribution is 2.44. The predicted molar refractivity (Wildman–Crippen MR) is 153 cm³/mol. The Kier molecular flexibility index (Phi) is 10.3. The van der Waals surface area contributed by atoms with Crippen molar-refractivity contribution >= 4 is 21.5 Å². The molecule has 2 atom stereocenters. The van der Waals surface area contributed by atoms with E-state index in [-0.39, 0.29) is 26.4 Å². The third-order valence-corrected chi connectivity index (χ3v) is 5.81. The molecule has 7 nitrogen and oxygen atoms in total. The number of ether oxygens (including phenoxy) is 5. The van der Waals surface area contributed by atoms with E-state index >= 15 is 0 Å². The predicted octanol–water partition coefficient (Wildman–Crippen LogP) is 5.67. The zero-order chi connectivity index (χ0) is 27.5. The van der Waals surface area contributed by atoms with Gasteiger partial charge in [-0.25, -0.2) is 0 Å². The van der Waals surface area contributed by atoms with E-state index in [2.05, 4.69) is 13.2 Å². The number of aliphatic hydroxyl groups is 2. The van der Waals surface area contributed by atoms with Gasteiger partial charge in [-0.05, 0) is 30.3 Å². The summed E-state index contributed by atoms with van der Waals surface area (Å²) in [6, 6.07) is 22.9. The van der Waals surface area contributed by atoms with Crippen LogP contribution in [0.1, 0.15) is 0 Å². The molecule has 0 aliphatic rings. The molecule has 2 unspecified atom stereocenters. The molecule has 7 heteroatoms. The highest BCUT2D eigenvalue weighted by atomic mass is 16.5. The van der Waals surface area contributed by atoms with Crippen molar-refractivity contribution in [3.63, 3.8) is 0 Å². The van der Waals surface area contributed by atoms with Crippen LogP contribution < -0.4 is 14.2 Å². The minimum absolute atomic E-state index is 0.0273. The fraction of sp³-hybridized carbons (Fsp3) is 0.250. The van der Waals surface area contributed by atoms with E-state index in [0.29, 0.717) is 36.2 Å². The minimum atomic E-state index is -0.829. The Morgan fingerprint density at radius 1 is 0.590 bits per heavy atom. The molecule has 0 bridgehead atoms. The monoisotopic (exact) mass is 530 g/mol. The number of hydrogen-bond acceptors (Lipinski definition) is 7. The van der Waals surface area contributed by atoms with Crippen LogP contribution in [0.5, 0.6) is 23.0 Å². The summed E-state index contributed by atoms with van der Waals surface area (Å²) in [5, 5.41) is 24.0. The molecular weight excluding hydrogens is 496 g/mol. The summed E-state index contributed by atoms with van der Waals surface area (Å²) >= 11 is 0. The lowest BCUT2D eigenvalue weighted by Crippen LogP contribution is -2.24. The van der Waals surface area contributed by atoms with Crippen molar-refractivity contribution in [1.82, 2.24) is 0 Å². The highest BCUT2D eigenvalue weighted by molar-refractivity contribution is 6.11. The van der Waals surface area contributed by atoms with E-state index in [4.69, 9.17) is 23.7 Å². The summed E-state index contributed by atoms with van der Waals surface area (Å²) in [6.07, 6.45) is 1.61. The molecule has 0 amide bonds. The summed E-state index contributed by atoms with van der Waals surface area (Å²) in [5.74, 6) is 2.52. The Morgan fingerprint density at radius 2 is 1.10 bits per heavy atom. The minimum Gasteiger partial charge on any atom is -0.489 e. The van der Waals surface area contributed by atoms with Gasteiger partial charge < -0.3 is 33.9 Å². The summed E-state index contributed by atoms with van der Waals surface area (Å²) in [5.41, 5.74) is 0. The van der Waals surface area contributed by atoms with E-state index in [0.717, 1.165) is 21.5 Å². The maximum Gasteiger partial charge on any atom is 0.135 e. The number of hydrogen-bond donors (Lipinski definition) is 2. The Balaban J connectivity index is 1.72. The van der Waals surface area contributed by atoms with Gasteiger partial charge in [0.2, 0.25) is 0 Å². The smallest absolute Gasteiger partial charge is 0.135 e. The van der Waals surface area contributed by atoms with Crippen molar-refractivity contribution in [2.24, 2.45) is 0 Å². The third-order valence-electron chi connectivity index (χ3n) is 5.81. The number of para-hydroxylation sites is 1. The lowest BCUT2D eigenvalue weighted by atomic mass is 10.00. The van der Waals surface area contributed by atoms with Crippen molar-refractivity contribution in [3.8, 4) is 23.0 Å². The first-order valence-corrected chi connectivity index (χ1v) is 12.8. The van der Waals surface area contributed by atoms with Crippen LogP contribution in [0.15, 0.2) is 98.1 Å². The van der Waals surface area contributed by atoms with Gasteiger partial charge in [0.15, 0.2) is 0 Å². The molecule has 0 spiro atoms. The van der Waals surface area contributed by atoms with Gasteiger partial charge in [0.1, 0.15) is 48.4 Å². The molecule has 0 aliphatic heterocycles. The fourth-order valence-electron chi connectivity index (χ4n) is 4.11. The van der Waals surface area contributed by atoms with E-state index in [1.807, 2.05) is 72.8 Å². The van der Waals surface area contributed by atoms with Gasteiger partial charge in [0, 0.05) is 21.5 Å². The largest absolute Gasteiger partial charge is 0.489 e. The second kappa shape index (κ2) is 14.3. The van der Waals surface area contributed by atoms with Gasteiger partial charge in [0.05, 0.1) is 26.4 Å². The van der Waals surface area contributed by atoms with E-state index in [9.17, 15) is 10.2 Å². The summed E-state index contributed by atoms with van der Waals surface area (Å²) in [4.78, 5) is 0. The standard InChI is InChI=1S/C32H34O7/c1-3-16-35-19-23(33)21-37-31-27-12-8-9-13-28(27)32(38-22-24(34)20-36-17-4-2)30-18-26(14-15-29(30)31)39-25-10-6-5-7-11-25/h3-15,18,23-24,33-34H,1-2,16-17,19-22H2. The summed E-state index contributed by atoms with van der Waals surface area (Å²) in [7, 11) is 0. The highest BCUT2D eigenvalue weighted by Gasteiger charge is 2.19. The topological polar surface area (TPSA) is 86.6 Å². The van der Waals surface area contributed by atoms with Crippen LogP contribution in [0.4, 0.5) is 0 Å². The Morgan fingerprint density at radius 3 is 1.67 bits per heavy atom. The second-order valence-corrected chi connectivity index (χ2v) is 8.91. The normalized spacial score (nSPS) is 12.7. The fourth-order valence-corrected chi connectivity index (χ4v) is 4.11. The van der Waals surface area contributed by atoms with E-state index in [1.165, 1.54) is 0 Å². The average molecular weight is 531 g/mol. The SMILES string of the molecule is C=CCOCC(O)COc1c2ccccc2c(OCC(O)COCC=C)c2cc(Oc3ccccc3)ccc12. The molecular formula is C32H34O7. The average Bonchev–Trinajstić information content (AvgIpc) is 2.95. The van der Waals surface area contributed by atoms with Crippen molar-refractivity contribution < 1.29 is 33.9 Å². The molecule has 0 saturated heterocycles. The van der Waals surface area contributed by atoms with Gasteiger partial charge in [-0.3, -0.25) is 0 Å². The molecule has 0 fully saturated rings. The van der Waals surface area contributed by atoms with Crippen LogP contribution in [0.2, 0.25) is 0 Å². The molecule has 39 heavy (non-hydrogen) atoms. The molecule has 0 saturated carbocycles. The van der Waals surface area contributed by atoms with Gasteiger partial charge in [-0.15, -0.1) is 13.2 Å². The van der Waals surface area contributed by atoms with Gasteiger partial charge in [0.25, 0.3) is 0 Å². The van der Waals surface area contributed by atoms with Gasteiger partial charge in [-0.2, -0.15) is 0 Å². The summed E-state index contributed by atoms with van der Waals surface area (Å²) < 4.78 is 29.3. The first-order valence-electron chi connectivity index (χ1n) is 12.8. The first-order chi connectivity index (χ1) is 19.1. The molecule has 0 aromatic heterocycles. The number of benzene rings is 4. The van der Waals surface area contributed by atoms with Crippen LogP contribution >= 0.6 is 0 Å². The van der Waals surface area contributed by atoms with Gasteiger partial charge >= 0.3 is 0 Å². The lowest BCUT2D eigenvalue weighted by molar-refractivity contribution is 0.0216. The maximum atomic E-state index is 10.4. The second-order valence-electron chi connectivity index (χ2n) is 8.91. The molecule has 0 heterocycles. The van der Waals surface area contributed by atoms with Crippen molar-refractivity contribution in [1.29, 1.82) is 0 Å². The van der Waals surface area contributed by atoms with Gasteiger partial charge in [-0.1, -0.05) is 54.6 Å². The molecule has 4 aromatic rings. The van der Waals surface area contributed by atoms with E-state index < -0.39 is 12.2 Å². The van der Waals surface area contributed by atoms with Crippen molar-refractivity contribution in [2.75, 3.05) is 39.6 Å². The quantitative estimate of drug-likeness (QED) is 0.110. The Hall–Kier alpha value is -3.88. The van der Waals surface area contributed by atoms with Crippen LogP contribution in [0, 0.1) is 0 Å². The van der Waals surface area contributed by atoms with Crippen LogP contribution in [-0.2, 0) is 9.47 Å². The number of rotatable bonds is 16.